The van der Waals surface area contributed by atoms with Gasteiger partial charge in [0.05, 0.1) is 9.35 Å². The minimum Gasteiger partial charge on any atom is -0.288 e. The maximum atomic E-state index is 12.3. The highest BCUT2D eigenvalue weighted by Crippen LogP contribution is 2.35. The van der Waals surface area contributed by atoms with E-state index in [0.717, 1.165) is 17.9 Å². The van der Waals surface area contributed by atoms with Gasteiger partial charge in [-0.15, -0.1) is 11.3 Å². The third-order valence-corrected chi connectivity index (χ3v) is 6.75. The summed E-state index contributed by atoms with van der Waals surface area (Å²) in [6.07, 6.45) is 0. The lowest BCUT2D eigenvalue weighted by Gasteiger charge is -2.03. The molecule has 0 fully saturated rings. The van der Waals surface area contributed by atoms with Crippen LogP contribution in [0.2, 0.25) is 0 Å². The van der Waals surface area contributed by atoms with Crippen LogP contribution >= 0.6 is 75.1 Å². The number of hydrogen-bond acceptors (Lipinski definition) is 2. The second-order valence-electron chi connectivity index (χ2n) is 3.18. The summed E-state index contributed by atoms with van der Waals surface area (Å²) in [4.78, 5) is 13.0. The van der Waals surface area contributed by atoms with Crippen LogP contribution in [0.25, 0.3) is 0 Å². The standard InChI is InChI=1S/C11H4Br4OS/c12-5-1-2-6(7(13)3-5)10(16)11-9(15)8(14)4-17-11/h1-4H. The van der Waals surface area contributed by atoms with Crippen molar-refractivity contribution in [3.05, 3.63) is 51.9 Å². The van der Waals surface area contributed by atoms with Gasteiger partial charge in [0.2, 0.25) is 5.78 Å². The topological polar surface area (TPSA) is 17.1 Å². The first-order chi connectivity index (χ1) is 8.00. The first-order valence-electron chi connectivity index (χ1n) is 4.43. The van der Waals surface area contributed by atoms with E-state index in [1.165, 1.54) is 11.3 Å². The number of benzene rings is 1. The molecule has 0 saturated heterocycles. The molecule has 2 aromatic rings. The van der Waals surface area contributed by atoms with E-state index in [-0.39, 0.29) is 5.78 Å². The molecule has 0 amide bonds. The molecule has 0 aliphatic rings. The zero-order valence-corrected chi connectivity index (χ0v) is 15.3. The molecule has 0 aliphatic heterocycles. The molecule has 6 heteroatoms. The van der Waals surface area contributed by atoms with Crippen molar-refractivity contribution in [3.8, 4) is 0 Å². The minimum atomic E-state index is 0.00644. The van der Waals surface area contributed by atoms with Gasteiger partial charge in [0.25, 0.3) is 0 Å². The van der Waals surface area contributed by atoms with Crippen molar-refractivity contribution in [2.45, 2.75) is 0 Å². The van der Waals surface area contributed by atoms with Crippen molar-refractivity contribution in [2.24, 2.45) is 0 Å². The van der Waals surface area contributed by atoms with E-state index in [4.69, 9.17) is 0 Å². The van der Waals surface area contributed by atoms with Crippen molar-refractivity contribution >= 4 is 80.8 Å². The van der Waals surface area contributed by atoms with Gasteiger partial charge in [-0.05, 0) is 66.0 Å². The Kier molecular flexibility index (Phi) is 4.63. The van der Waals surface area contributed by atoms with Gasteiger partial charge < -0.3 is 0 Å². The largest absolute Gasteiger partial charge is 0.288 e. The second-order valence-corrected chi connectivity index (χ2v) is 7.48. The van der Waals surface area contributed by atoms with Crippen LogP contribution in [0.15, 0.2) is 41.5 Å². The number of thiophene rings is 1. The van der Waals surface area contributed by atoms with Crippen LogP contribution in [0.5, 0.6) is 0 Å². The summed E-state index contributed by atoms with van der Waals surface area (Å²) in [5.41, 5.74) is 0.656. The lowest BCUT2D eigenvalue weighted by atomic mass is 10.1. The van der Waals surface area contributed by atoms with Crippen molar-refractivity contribution in [1.29, 1.82) is 0 Å². The maximum absolute atomic E-state index is 12.3. The van der Waals surface area contributed by atoms with Gasteiger partial charge in [-0.2, -0.15) is 0 Å². The van der Waals surface area contributed by atoms with Crippen LogP contribution in [-0.2, 0) is 0 Å². The molecule has 1 aromatic heterocycles. The molecule has 0 N–H and O–H groups in total. The maximum Gasteiger partial charge on any atom is 0.205 e. The molecule has 2 rings (SSSR count). The summed E-state index contributed by atoms with van der Waals surface area (Å²) in [6, 6.07) is 5.52. The van der Waals surface area contributed by atoms with Gasteiger partial charge in [-0.1, -0.05) is 15.9 Å². The molecule has 1 nitrogen and oxygen atoms in total. The monoisotopic (exact) mass is 500 g/mol. The number of hydrogen-bond donors (Lipinski definition) is 0. The van der Waals surface area contributed by atoms with Crippen LogP contribution in [0.1, 0.15) is 15.2 Å². The quantitative estimate of drug-likeness (QED) is 0.457. The minimum absolute atomic E-state index is 0.00644. The van der Waals surface area contributed by atoms with Crippen molar-refractivity contribution in [1.82, 2.24) is 0 Å². The molecule has 88 valence electrons. The summed E-state index contributed by atoms with van der Waals surface area (Å²) in [5.74, 6) is 0.00644. The average Bonchev–Trinajstić information content (AvgIpc) is 2.59. The van der Waals surface area contributed by atoms with E-state index in [1.54, 1.807) is 6.07 Å². The predicted molar refractivity (Wildman–Crippen MR) is 85.0 cm³/mol. The Hall–Kier alpha value is 0.510. The van der Waals surface area contributed by atoms with E-state index in [1.807, 2.05) is 17.5 Å². The summed E-state index contributed by atoms with van der Waals surface area (Å²) in [5, 5.41) is 1.89. The number of rotatable bonds is 2. The van der Waals surface area contributed by atoms with E-state index in [2.05, 4.69) is 63.7 Å². The molecule has 0 unspecified atom stereocenters. The number of ketones is 1. The van der Waals surface area contributed by atoms with Gasteiger partial charge >= 0.3 is 0 Å². The zero-order valence-electron chi connectivity index (χ0n) is 8.14. The molecule has 1 aromatic carbocycles. The normalized spacial score (nSPS) is 10.6. The highest BCUT2D eigenvalue weighted by molar-refractivity contribution is 9.13. The Bertz CT molecular complexity index is 591. The molecule has 0 bridgehead atoms. The van der Waals surface area contributed by atoms with Crippen LogP contribution in [0, 0.1) is 0 Å². The highest BCUT2D eigenvalue weighted by atomic mass is 79.9. The van der Waals surface area contributed by atoms with Crippen LogP contribution in [0.3, 0.4) is 0 Å². The fourth-order valence-corrected chi connectivity index (χ4v) is 4.60. The molecule has 0 radical (unpaired) electrons. The Balaban J connectivity index is 2.47. The Morgan fingerprint density at radius 2 is 1.76 bits per heavy atom. The lowest BCUT2D eigenvalue weighted by molar-refractivity contribution is 0.104. The Morgan fingerprint density at radius 3 is 2.29 bits per heavy atom. The number of carbonyl (C=O) groups is 1. The summed E-state index contributed by atoms with van der Waals surface area (Å²) < 4.78 is 3.43. The molecular formula is C11H4Br4OS. The van der Waals surface area contributed by atoms with Gasteiger partial charge in [0.15, 0.2) is 0 Å². The van der Waals surface area contributed by atoms with Crippen LogP contribution in [0.4, 0.5) is 0 Å². The summed E-state index contributed by atoms with van der Waals surface area (Å²) >= 11 is 15.0. The lowest BCUT2D eigenvalue weighted by Crippen LogP contribution is -2.00. The molecule has 0 saturated carbocycles. The predicted octanol–water partition coefficient (Wildman–Crippen LogP) is 6.03. The van der Waals surface area contributed by atoms with E-state index >= 15 is 0 Å². The van der Waals surface area contributed by atoms with Gasteiger partial charge in [-0.25, -0.2) is 0 Å². The first-order valence-corrected chi connectivity index (χ1v) is 8.48. The second kappa shape index (κ2) is 5.65. The van der Waals surface area contributed by atoms with Crippen LogP contribution < -0.4 is 0 Å². The molecular weight excluding hydrogens is 500 g/mol. The Labute approximate surface area is 136 Å². The van der Waals surface area contributed by atoms with Gasteiger partial charge in [0.1, 0.15) is 0 Å². The number of halogens is 4. The fraction of sp³-hybridized carbons (Fsp3) is 0. The molecule has 0 aliphatic carbocycles. The molecule has 0 spiro atoms. The third-order valence-electron chi connectivity index (χ3n) is 2.07. The average molecular weight is 504 g/mol. The van der Waals surface area contributed by atoms with Gasteiger partial charge in [-0.3, -0.25) is 4.79 Å². The molecule has 0 atom stereocenters. The van der Waals surface area contributed by atoms with E-state index in [0.29, 0.717) is 10.4 Å². The van der Waals surface area contributed by atoms with Crippen molar-refractivity contribution < 1.29 is 4.79 Å². The third kappa shape index (κ3) is 2.92. The zero-order chi connectivity index (χ0) is 12.6. The SMILES string of the molecule is O=C(c1ccc(Br)cc1Br)c1scc(Br)c1Br. The summed E-state index contributed by atoms with van der Waals surface area (Å²) in [7, 11) is 0. The van der Waals surface area contributed by atoms with Crippen molar-refractivity contribution in [3.63, 3.8) is 0 Å². The molecule has 17 heavy (non-hydrogen) atoms. The Morgan fingerprint density at radius 1 is 1.06 bits per heavy atom. The smallest absolute Gasteiger partial charge is 0.205 e. The molecule has 1 heterocycles. The number of carbonyl (C=O) groups excluding carboxylic acids is 1. The fourth-order valence-electron chi connectivity index (χ4n) is 1.27. The van der Waals surface area contributed by atoms with Crippen molar-refractivity contribution in [2.75, 3.05) is 0 Å². The van der Waals surface area contributed by atoms with Gasteiger partial charge in [0, 0.05) is 24.4 Å². The van der Waals surface area contributed by atoms with E-state index < -0.39 is 0 Å². The highest BCUT2D eigenvalue weighted by Gasteiger charge is 2.18. The first kappa shape index (κ1) is 13.9. The van der Waals surface area contributed by atoms with E-state index in [9.17, 15) is 4.79 Å². The van der Waals surface area contributed by atoms with Crippen LogP contribution in [-0.4, -0.2) is 5.78 Å². The summed E-state index contributed by atoms with van der Waals surface area (Å²) in [6.45, 7) is 0.